The van der Waals surface area contributed by atoms with Crippen LogP contribution in [-0.2, 0) is 14.4 Å². The number of halogens is 2. The molecule has 6 nitrogen and oxygen atoms in total. The molecular weight excluding hydrogens is 361 g/mol. The lowest BCUT2D eigenvalue weighted by Gasteiger charge is -2.07. The molecule has 2 aromatic rings. The summed E-state index contributed by atoms with van der Waals surface area (Å²) in [5.74, 6) is -1.55. The van der Waals surface area contributed by atoms with Gasteiger partial charge in [-0.3, -0.25) is 9.59 Å². The quantitative estimate of drug-likeness (QED) is 0.595. The molecule has 2 aromatic carbocycles. The minimum absolute atomic E-state index is 0.0645. The summed E-state index contributed by atoms with van der Waals surface area (Å²) in [6.07, 6.45) is 0.928. The lowest BCUT2D eigenvalue weighted by atomic mass is 10.1. The van der Waals surface area contributed by atoms with Crippen molar-refractivity contribution in [1.29, 1.82) is 0 Å². The van der Waals surface area contributed by atoms with Gasteiger partial charge in [0.15, 0.2) is 6.61 Å². The molecule has 0 spiro atoms. The van der Waals surface area contributed by atoms with Gasteiger partial charge in [-0.25, -0.2) is 4.39 Å². The molecule has 0 aliphatic rings. The second kappa shape index (κ2) is 8.96. The molecule has 0 heterocycles. The van der Waals surface area contributed by atoms with Crippen molar-refractivity contribution < 1.29 is 18.8 Å². The summed E-state index contributed by atoms with van der Waals surface area (Å²) in [6, 6.07) is 9.17. The molecule has 0 radical (unpaired) electrons. The zero-order chi connectivity index (χ0) is 19.1. The topological polar surface area (TPSA) is 79.8 Å². The van der Waals surface area contributed by atoms with E-state index in [-0.39, 0.29) is 10.7 Å². The molecule has 26 heavy (non-hydrogen) atoms. The standard InChI is InChI=1S/C18H17ClFN3O3/c1-11-3-5-15(12(2)7-11)22-17(24)9-21-26-10-18(25)23-16-6-4-13(20)8-14(16)19/h3-9H,10H2,1-2H3,(H,22,24)(H,23,25)/b21-9-. The molecule has 0 aliphatic carbocycles. The Hall–Kier alpha value is -2.93. The second-order valence-corrected chi connectivity index (χ2v) is 5.90. The van der Waals surface area contributed by atoms with Crippen LogP contribution >= 0.6 is 11.6 Å². The third-order valence-electron chi connectivity index (χ3n) is 3.29. The normalized spacial score (nSPS) is 10.6. The van der Waals surface area contributed by atoms with Crippen molar-refractivity contribution in [1.82, 2.24) is 0 Å². The van der Waals surface area contributed by atoms with Gasteiger partial charge in [0.2, 0.25) is 0 Å². The molecule has 2 rings (SSSR count). The lowest BCUT2D eigenvalue weighted by molar-refractivity contribution is -0.120. The molecule has 2 N–H and O–H groups in total. The molecule has 0 fully saturated rings. The molecule has 0 bridgehead atoms. The number of hydrogen-bond donors (Lipinski definition) is 2. The summed E-state index contributed by atoms with van der Waals surface area (Å²) in [7, 11) is 0. The largest absolute Gasteiger partial charge is 0.385 e. The number of aryl methyl sites for hydroxylation is 2. The predicted molar refractivity (Wildman–Crippen MR) is 99.0 cm³/mol. The first-order chi connectivity index (χ1) is 12.3. The highest BCUT2D eigenvalue weighted by molar-refractivity contribution is 6.33. The molecule has 0 saturated heterocycles. The van der Waals surface area contributed by atoms with E-state index < -0.39 is 24.2 Å². The van der Waals surface area contributed by atoms with Crippen molar-refractivity contribution in [2.24, 2.45) is 5.16 Å². The average Bonchev–Trinajstić information content (AvgIpc) is 2.57. The van der Waals surface area contributed by atoms with Crippen LogP contribution in [0.2, 0.25) is 5.02 Å². The van der Waals surface area contributed by atoms with Crippen LogP contribution in [0, 0.1) is 19.7 Å². The third kappa shape index (κ3) is 5.86. The van der Waals surface area contributed by atoms with Crippen LogP contribution in [0.4, 0.5) is 15.8 Å². The maximum atomic E-state index is 12.9. The zero-order valence-corrected chi connectivity index (χ0v) is 14.9. The van der Waals surface area contributed by atoms with Gasteiger partial charge in [0.25, 0.3) is 11.8 Å². The Labute approximate surface area is 155 Å². The van der Waals surface area contributed by atoms with Gasteiger partial charge in [-0.15, -0.1) is 0 Å². The number of hydrogen-bond acceptors (Lipinski definition) is 4. The third-order valence-corrected chi connectivity index (χ3v) is 3.60. The predicted octanol–water partition coefficient (Wildman–Crippen LogP) is 3.68. The Morgan fingerprint density at radius 2 is 1.88 bits per heavy atom. The van der Waals surface area contributed by atoms with Gasteiger partial charge in [0, 0.05) is 5.69 Å². The van der Waals surface area contributed by atoms with Crippen LogP contribution in [0.3, 0.4) is 0 Å². The molecule has 2 amide bonds. The average molecular weight is 378 g/mol. The maximum absolute atomic E-state index is 12.9. The molecule has 0 aliphatic heterocycles. The monoisotopic (exact) mass is 377 g/mol. The van der Waals surface area contributed by atoms with Crippen LogP contribution < -0.4 is 10.6 Å². The first-order valence-corrected chi connectivity index (χ1v) is 8.01. The second-order valence-electron chi connectivity index (χ2n) is 5.49. The fourth-order valence-corrected chi connectivity index (χ4v) is 2.29. The molecule has 0 saturated carbocycles. The highest BCUT2D eigenvalue weighted by atomic mass is 35.5. The summed E-state index contributed by atoms with van der Waals surface area (Å²) >= 11 is 5.80. The fourth-order valence-electron chi connectivity index (χ4n) is 2.08. The molecule has 8 heteroatoms. The number of nitrogens with one attached hydrogen (secondary N) is 2. The van der Waals surface area contributed by atoms with Crippen molar-refractivity contribution in [3.63, 3.8) is 0 Å². The lowest BCUT2D eigenvalue weighted by Crippen LogP contribution is -2.18. The number of amides is 2. The van der Waals surface area contributed by atoms with Crippen molar-refractivity contribution in [2.75, 3.05) is 17.2 Å². The van der Waals surface area contributed by atoms with E-state index >= 15 is 0 Å². The van der Waals surface area contributed by atoms with Crippen molar-refractivity contribution in [3.8, 4) is 0 Å². The number of carbonyl (C=O) groups excluding carboxylic acids is 2. The summed E-state index contributed by atoms with van der Waals surface area (Å²) in [5, 5.41) is 8.60. The van der Waals surface area contributed by atoms with Crippen LogP contribution in [0.25, 0.3) is 0 Å². The van der Waals surface area contributed by atoms with E-state index in [1.807, 2.05) is 26.0 Å². The van der Waals surface area contributed by atoms with E-state index in [1.54, 1.807) is 6.07 Å². The molecule has 0 unspecified atom stereocenters. The Kier molecular flexibility index (Phi) is 6.68. The number of rotatable bonds is 6. The maximum Gasteiger partial charge on any atom is 0.270 e. The smallest absolute Gasteiger partial charge is 0.270 e. The number of anilines is 2. The Bertz CT molecular complexity index is 856. The van der Waals surface area contributed by atoms with Gasteiger partial charge in [-0.1, -0.05) is 34.5 Å². The summed E-state index contributed by atoms with van der Waals surface area (Å²) in [6.45, 7) is 3.40. The van der Waals surface area contributed by atoms with E-state index in [2.05, 4.69) is 15.8 Å². The van der Waals surface area contributed by atoms with Crippen LogP contribution in [0.15, 0.2) is 41.6 Å². The zero-order valence-electron chi connectivity index (χ0n) is 14.2. The van der Waals surface area contributed by atoms with Gasteiger partial charge in [0.05, 0.1) is 10.7 Å². The fraction of sp³-hybridized carbons (Fsp3) is 0.167. The molecule has 0 atom stereocenters. The number of oxime groups is 1. The van der Waals surface area contributed by atoms with Crippen molar-refractivity contribution in [3.05, 3.63) is 58.4 Å². The minimum Gasteiger partial charge on any atom is -0.385 e. The van der Waals surface area contributed by atoms with Gasteiger partial charge in [-0.05, 0) is 43.7 Å². The van der Waals surface area contributed by atoms with E-state index in [9.17, 15) is 14.0 Å². The minimum atomic E-state index is -0.551. The first-order valence-electron chi connectivity index (χ1n) is 7.63. The van der Waals surface area contributed by atoms with E-state index in [1.165, 1.54) is 6.07 Å². The number of carbonyl (C=O) groups is 2. The SMILES string of the molecule is Cc1ccc(NC(=O)/C=N\OCC(=O)Nc2ccc(F)cc2Cl)c(C)c1. The first kappa shape index (κ1) is 19.4. The molecular formula is C18H17ClFN3O3. The summed E-state index contributed by atoms with van der Waals surface area (Å²) in [5.41, 5.74) is 2.92. The van der Waals surface area contributed by atoms with Gasteiger partial charge in [-0.2, -0.15) is 0 Å². The van der Waals surface area contributed by atoms with Crippen molar-refractivity contribution >= 4 is 41.0 Å². The van der Waals surface area contributed by atoms with Crippen molar-refractivity contribution in [2.45, 2.75) is 13.8 Å². The van der Waals surface area contributed by atoms with Crippen LogP contribution in [0.1, 0.15) is 11.1 Å². The Morgan fingerprint density at radius 1 is 1.15 bits per heavy atom. The van der Waals surface area contributed by atoms with E-state index in [0.717, 1.165) is 29.5 Å². The van der Waals surface area contributed by atoms with E-state index in [4.69, 9.17) is 16.4 Å². The highest BCUT2D eigenvalue weighted by Crippen LogP contribution is 2.22. The van der Waals surface area contributed by atoms with Gasteiger partial charge < -0.3 is 15.5 Å². The highest BCUT2D eigenvalue weighted by Gasteiger charge is 2.07. The molecule has 0 aromatic heterocycles. The number of benzene rings is 2. The van der Waals surface area contributed by atoms with Crippen LogP contribution in [-0.4, -0.2) is 24.6 Å². The Morgan fingerprint density at radius 3 is 2.58 bits per heavy atom. The van der Waals surface area contributed by atoms with Gasteiger partial charge in [0.1, 0.15) is 12.0 Å². The summed E-state index contributed by atoms with van der Waals surface area (Å²) in [4.78, 5) is 28.2. The van der Waals surface area contributed by atoms with Gasteiger partial charge >= 0.3 is 0 Å². The molecule has 136 valence electrons. The summed E-state index contributed by atoms with van der Waals surface area (Å²) < 4.78 is 12.9. The van der Waals surface area contributed by atoms with Crippen LogP contribution in [0.5, 0.6) is 0 Å². The Balaban J connectivity index is 1.79. The number of nitrogens with zero attached hydrogens (tertiary/aromatic N) is 1. The van der Waals surface area contributed by atoms with E-state index in [0.29, 0.717) is 5.69 Å².